The van der Waals surface area contributed by atoms with Gasteiger partial charge < -0.3 is 10.2 Å². The fraction of sp³-hybridized carbons (Fsp3) is 0.533. The molecule has 0 unspecified atom stereocenters. The van der Waals surface area contributed by atoms with E-state index >= 15 is 0 Å². The van der Waals surface area contributed by atoms with Crippen LogP contribution in [0.2, 0.25) is 0 Å². The lowest BCUT2D eigenvalue weighted by Gasteiger charge is -2.36. The third-order valence-electron chi connectivity index (χ3n) is 3.82. The molecule has 1 aromatic carbocycles. The zero-order valence-electron chi connectivity index (χ0n) is 11.5. The van der Waals surface area contributed by atoms with E-state index in [-0.39, 0.29) is 5.91 Å². The number of piperidine rings is 1. The number of amides is 1. The molecule has 1 aliphatic rings. The molecule has 1 heterocycles. The zero-order valence-corrected chi connectivity index (χ0v) is 11.5. The van der Waals surface area contributed by atoms with Crippen LogP contribution in [0.3, 0.4) is 0 Å². The van der Waals surface area contributed by atoms with Crippen LogP contribution in [0.4, 0.5) is 5.69 Å². The Kier molecular flexibility index (Phi) is 3.71. The fourth-order valence-corrected chi connectivity index (χ4v) is 2.49. The molecule has 0 radical (unpaired) electrons. The normalized spacial score (nSPS) is 23.7. The van der Waals surface area contributed by atoms with Crippen molar-refractivity contribution in [3.63, 3.8) is 0 Å². The van der Waals surface area contributed by atoms with E-state index in [4.69, 9.17) is 0 Å². The molecular weight excluding hydrogens is 224 g/mol. The molecule has 1 amide bonds. The largest absolute Gasteiger partial charge is 0.314 e. The standard InChI is InChI=1S/C15H22N2O/c1-12-6-8-13(9-7-12)17(3)14(18)15(2)10-4-5-11-16-15/h6-9,16H,4-5,10-11H2,1-3H3/t15-/m0/s1. The predicted molar refractivity (Wildman–Crippen MR) is 74.8 cm³/mol. The first kappa shape index (κ1) is 13.1. The van der Waals surface area contributed by atoms with E-state index < -0.39 is 5.54 Å². The quantitative estimate of drug-likeness (QED) is 0.869. The van der Waals surface area contributed by atoms with Crippen molar-refractivity contribution in [2.45, 2.75) is 38.6 Å². The highest BCUT2D eigenvalue weighted by molar-refractivity contribution is 5.99. The number of anilines is 1. The van der Waals surface area contributed by atoms with Gasteiger partial charge in [0.2, 0.25) is 5.91 Å². The summed E-state index contributed by atoms with van der Waals surface area (Å²) < 4.78 is 0. The lowest BCUT2D eigenvalue weighted by molar-refractivity contribution is -0.124. The van der Waals surface area contributed by atoms with Crippen LogP contribution >= 0.6 is 0 Å². The van der Waals surface area contributed by atoms with Crippen molar-refractivity contribution in [3.05, 3.63) is 29.8 Å². The maximum atomic E-state index is 12.6. The van der Waals surface area contributed by atoms with Gasteiger partial charge in [0.15, 0.2) is 0 Å². The average Bonchev–Trinajstić information content (AvgIpc) is 2.39. The average molecular weight is 246 g/mol. The molecule has 1 atom stereocenters. The van der Waals surface area contributed by atoms with Gasteiger partial charge in [-0.15, -0.1) is 0 Å². The summed E-state index contributed by atoms with van der Waals surface area (Å²) in [5.41, 5.74) is 1.76. The third-order valence-corrected chi connectivity index (χ3v) is 3.82. The molecule has 0 saturated carbocycles. The first-order chi connectivity index (χ1) is 8.53. The van der Waals surface area contributed by atoms with E-state index in [1.54, 1.807) is 4.90 Å². The van der Waals surface area contributed by atoms with Gasteiger partial charge >= 0.3 is 0 Å². The number of carbonyl (C=O) groups is 1. The third kappa shape index (κ3) is 2.56. The first-order valence-corrected chi connectivity index (χ1v) is 6.63. The summed E-state index contributed by atoms with van der Waals surface area (Å²) in [5.74, 6) is 0.158. The molecular formula is C15H22N2O. The molecule has 2 rings (SSSR count). The SMILES string of the molecule is Cc1ccc(N(C)C(=O)[C@]2(C)CCCCN2)cc1. The van der Waals surface area contributed by atoms with E-state index in [2.05, 4.69) is 12.2 Å². The number of aryl methyl sites for hydroxylation is 1. The van der Waals surface area contributed by atoms with Crippen molar-refractivity contribution in [2.75, 3.05) is 18.5 Å². The van der Waals surface area contributed by atoms with Crippen LogP contribution in [0.15, 0.2) is 24.3 Å². The van der Waals surface area contributed by atoms with Crippen molar-refractivity contribution in [1.29, 1.82) is 0 Å². The number of likely N-dealkylation sites (N-methyl/N-ethyl adjacent to an activating group) is 1. The molecule has 1 fully saturated rings. The van der Waals surface area contributed by atoms with Crippen molar-refractivity contribution in [3.8, 4) is 0 Å². The van der Waals surface area contributed by atoms with Gasteiger partial charge in [-0.1, -0.05) is 17.7 Å². The van der Waals surface area contributed by atoms with Gasteiger partial charge in [0.25, 0.3) is 0 Å². The van der Waals surface area contributed by atoms with Crippen LogP contribution in [0, 0.1) is 6.92 Å². The predicted octanol–water partition coefficient (Wildman–Crippen LogP) is 2.49. The Balaban J connectivity index is 2.15. The van der Waals surface area contributed by atoms with E-state index in [1.165, 1.54) is 5.56 Å². The van der Waals surface area contributed by atoms with E-state index in [0.29, 0.717) is 0 Å². The molecule has 1 N–H and O–H groups in total. The van der Waals surface area contributed by atoms with Crippen LogP contribution in [0.5, 0.6) is 0 Å². The van der Waals surface area contributed by atoms with Gasteiger partial charge in [0, 0.05) is 12.7 Å². The lowest BCUT2D eigenvalue weighted by Crippen LogP contribution is -2.57. The Hall–Kier alpha value is -1.35. The Labute approximate surface area is 109 Å². The number of rotatable bonds is 2. The topological polar surface area (TPSA) is 32.3 Å². The van der Waals surface area contributed by atoms with E-state index in [9.17, 15) is 4.79 Å². The van der Waals surface area contributed by atoms with Crippen molar-refractivity contribution in [1.82, 2.24) is 5.32 Å². The van der Waals surface area contributed by atoms with Crippen LogP contribution in [-0.4, -0.2) is 25.0 Å². The highest BCUT2D eigenvalue weighted by Crippen LogP contribution is 2.24. The molecule has 1 saturated heterocycles. The van der Waals surface area contributed by atoms with Gasteiger partial charge in [-0.05, 0) is 51.8 Å². The highest BCUT2D eigenvalue weighted by Gasteiger charge is 2.36. The molecule has 3 nitrogen and oxygen atoms in total. The molecule has 0 spiro atoms. The second-order valence-corrected chi connectivity index (χ2v) is 5.42. The molecule has 0 aliphatic carbocycles. The summed E-state index contributed by atoms with van der Waals surface area (Å²) in [6.45, 7) is 5.00. The zero-order chi connectivity index (χ0) is 13.2. The lowest BCUT2D eigenvalue weighted by atomic mass is 9.89. The van der Waals surface area contributed by atoms with Crippen molar-refractivity contribution in [2.24, 2.45) is 0 Å². The number of nitrogens with one attached hydrogen (secondary N) is 1. The Bertz CT molecular complexity index is 419. The minimum absolute atomic E-state index is 0.158. The smallest absolute Gasteiger partial charge is 0.246 e. The van der Waals surface area contributed by atoms with E-state index in [0.717, 1.165) is 31.5 Å². The van der Waals surface area contributed by atoms with Crippen LogP contribution in [0.1, 0.15) is 31.7 Å². The minimum atomic E-state index is -0.405. The molecule has 0 aromatic heterocycles. The molecule has 1 aliphatic heterocycles. The van der Waals surface area contributed by atoms with Gasteiger partial charge in [0.1, 0.15) is 0 Å². The fourth-order valence-electron chi connectivity index (χ4n) is 2.49. The van der Waals surface area contributed by atoms with Gasteiger partial charge in [-0.2, -0.15) is 0 Å². The number of carbonyl (C=O) groups excluding carboxylic acids is 1. The maximum absolute atomic E-state index is 12.6. The van der Waals surface area contributed by atoms with Crippen LogP contribution in [0.25, 0.3) is 0 Å². The number of hydrogen-bond donors (Lipinski definition) is 1. The van der Waals surface area contributed by atoms with Crippen LogP contribution in [-0.2, 0) is 4.79 Å². The van der Waals surface area contributed by atoms with Crippen molar-refractivity contribution < 1.29 is 4.79 Å². The molecule has 98 valence electrons. The maximum Gasteiger partial charge on any atom is 0.246 e. The van der Waals surface area contributed by atoms with E-state index in [1.807, 2.05) is 38.2 Å². The summed E-state index contributed by atoms with van der Waals surface area (Å²) in [6.07, 6.45) is 3.20. The molecule has 3 heteroatoms. The van der Waals surface area contributed by atoms with Gasteiger partial charge in [-0.3, -0.25) is 4.79 Å². The summed E-state index contributed by atoms with van der Waals surface area (Å²) in [7, 11) is 1.86. The molecule has 0 bridgehead atoms. The number of hydrogen-bond acceptors (Lipinski definition) is 2. The summed E-state index contributed by atoms with van der Waals surface area (Å²) in [5, 5.41) is 3.37. The minimum Gasteiger partial charge on any atom is -0.314 e. The second kappa shape index (κ2) is 5.11. The Morgan fingerprint density at radius 2 is 1.94 bits per heavy atom. The molecule has 18 heavy (non-hydrogen) atoms. The first-order valence-electron chi connectivity index (χ1n) is 6.63. The monoisotopic (exact) mass is 246 g/mol. The number of nitrogens with zero attached hydrogens (tertiary/aromatic N) is 1. The van der Waals surface area contributed by atoms with Gasteiger partial charge in [0.05, 0.1) is 5.54 Å². The van der Waals surface area contributed by atoms with Crippen molar-refractivity contribution >= 4 is 11.6 Å². The Morgan fingerprint density at radius 3 is 2.50 bits per heavy atom. The van der Waals surface area contributed by atoms with Gasteiger partial charge in [-0.25, -0.2) is 0 Å². The highest BCUT2D eigenvalue weighted by atomic mass is 16.2. The molecule has 1 aromatic rings. The Morgan fingerprint density at radius 1 is 1.28 bits per heavy atom. The summed E-state index contributed by atoms with van der Waals surface area (Å²) in [6, 6.07) is 8.07. The summed E-state index contributed by atoms with van der Waals surface area (Å²) in [4.78, 5) is 14.3. The second-order valence-electron chi connectivity index (χ2n) is 5.42. The summed E-state index contributed by atoms with van der Waals surface area (Å²) >= 11 is 0. The van der Waals surface area contributed by atoms with Crippen LogP contribution < -0.4 is 10.2 Å². The number of benzene rings is 1.